The van der Waals surface area contributed by atoms with Crippen LogP contribution in [-0.2, 0) is 11.3 Å². The van der Waals surface area contributed by atoms with Crippen LogP contribution in [0.4, 0.5) is 4.39 Å². The molecule has 0 aromatic heterocycles. The van der Waals surface area contributed by atoms with Crippen LogP contribution in [0.25, 0.3) is 0 Å². The van der Waals surface area contributed by atoms with Crippen LogP contribution in [0.3, 0.4) is 0 Å². The van der Waals surface area contributed by atoms with Gasteiger partial charge >= 0.3 is 0 Å². The van der Waals surface area contributed by atoms with Crippen molar-refractivity contribution in [3.63, 3.8) is 0 Å². The predicted octanol–water partition coefficient (Wildman–Crippen LogP) is 2.54. The third kappa shape index (κ3) is 1.72. The highest BCUT2D eigenvalue weighted by molar-refractivity contribution is 6.00. The van der Waals surface area contributed by atoms with Gasteiger partial charge in [0, 0.05) is 25.8 Å². The quantitative estimate of drug-likeness (QED) is 0.892. The van der Waals surface area contributed by atoms with E-state index >= 15 is 0 Å². The number of nitrogens with zero attached hydrogens (tertiary/aromatic N) is 1. The lowest BCUT2D eigenvalue weighted by atomic mass is 9.79. The smallest absolute Gasteiger partial charge is 0.128 e. The molecule has 0 radical (unpaired) electrons. The SMILES string of the molecule is COC1(CN2Cc3ccc(F)cc3C2=N)CCC1. The fourth-order valence-electron chi connectivity index (χ4n) is 2.84. The van der Waals surface area contributed by atoms with Crippen LogP contribution in [0.5, 0.6) is 0 Å². The summed E-state index contributed by atoms with van der Waals surface area (Å²) < 4.78 is 18.8. The third-order valence-electron chi connectivity index (χ3n) is 4.18. The number of methoxy groups -OCH3 is 1. The Bertz CT molecular complexity index is 491. The number of hydrogen-bond donors (Lipinski definition) is 1. The molecular formula is C14H17FN2O. The second-order valence-corrected chi connectivity index (χ2v) is 5.25. The lowest BCUT2D eigenvalue weighted by Crippen LogP contribution is -2.49. The molecule has 3 rings (SSSR count). The van der Waals surface area contributed by atoms with Crippen molar-refractivity contribution in [1.82, 2.24) is 4.90 Å². The fraction of sp³-hybridized carbons (Fsp3) is 0.500. The van der Waals surface area contributed by atoms with Crippen molar-refractivity contribution in [2.24, 2.45) is 0 Å². The number of amidine groups is 1. The average Bonchev–Trinajstić information content (AvgIpc) is 2.61. The molecule has 96 valence electrons. The Morgan fingerprint density at radius 3 is 2.83 bits per heavy atom. The maximum atomic E-state index is 13.2. The van der Waals surface area contributed by atoms with Crippen LogP contribution < -0.4 is 0 Å². The number of halogens is 1. The van der Waals surface area contributed by atoms with E-state index in [1.165, 1.54) is 18.6 Å². The average molecular weight is 248 g/mol. The number of nitrogens with one attached hydrogen (secondary N) is 1. The minimum absolute atomic E-state index is 0.0904. The predicted molar refractivity (Wildman–Crippen MR) is 67.2 cm³/mol. The molecule has 1 aromatic rings. The Balaban J connectivity index is 1.80. The Morgan fingerprint density at radius 1 is 1.44 bits per heavy atom. The zero-order valence-corrected chi connectivity index (χ0v) is 10.5. The van der Waals surface area contributed by atoms with Gasteiger partial charge in [-0.05, 0) is 37.0 Å². The van der Waals surface area contributed by atoms with Gasteiger partial charge < -0.3 is 9.64 Å². The third-order valence-corrected chi connectivity index (χ3v) is 4.18. The van der Waals surface area contributed by atoms with Gasteiger partial charge in [-0.3, -0.25) is 5.41 Å². The van der Waals surface area contributed by atoms with E-state index in [0.29, 0.717) is 12.4 Å². The van der Waals surface area contributed by atoms with E-state index in [2.05, 4.69) is 0 Å². The van der Waals surface area contributed by atoms with Gasteiger partial charge in [0.2, 0.25) is 0 Å². The summed E-state index contributed by atoms with van der Waals surface area (Å²) >= 11 is 0. The van der Waals surface area contributed by atoms with E-state index in [9.17, 15) is 4.39 Å². The summed E-state index contributed by atoms with van der Waals surface area (Å²) in [4.78, 5) is 1.99. The Hall–Kier alpha value is -1.42. The van der Waals surface area contributed by atoms with Crippen molar-refractivity contribution in [2.45, 2.75) is 31.4 Å². The molecule has 18 heavy (non-hydrogen) atoms. The second-order valence-electron chi connectivity index (χ2n) is 5.25. The van der Waals surface area contributed by atoms with E-state index in [1.54, 1.807) is 13.2 Å². The van der Waals surface area contributed by atoms with Crippen LogP contribution in [0.15, 0.2) is 18.2 Å². The number of rotatable bonds is 3. The molecule has 0 unspecified atom stereocenters. The first kappa shape index (κ1) is 11.7. The normalized spacial score (nSPS) is 20.8. The van der Waals surface area contributed by atoms with Crippen molar-refractivity contribution in [3.8, 4) is 0 Å². The maximum Gasteiger partial charge on any atom is 0.128 e. The highest BCUT2D eigenvalue weighted by Crippen LogP contribution is 2.37. The lowest BCUT2D eigenvalue weighted by Gasteiger charge is -2.43. The molecule has 4 heteroatoms. The van der Waals surface area contributed by atoms with Gasteiger partial charge in [0.05, 0.1) is 5.60 Å². The Kier molecular flexibility index (Phi) is 2.63. The molecule has 1 aliphatic carbocycles. The molecular weight excluding hydrogens is 231 g/mol. The largest absolute Gasteiger partial charge is 0.376 e. The number of benzene rings is 1. The molecule has 1 fully saturated rings. The van der Waals surface area contributed by atoms with Gasteiger partial charge in [-0.15, -0.1) is 0 Å². The molecule has 1 saturated carbocycles. The molecule has 0 bridgehead atoms. The Labute approximate surface area is 106 Å². The van der Waals surface area contributed by atoms with Gasteiger partial charge in [0.25, 0.3) is 0 Å². The molecule has 3 nitrogen and oxygen atoms in total. The zero-order chi connectivity index (χ0) is 12.8. The van der Waals surface area contributed by atoms with Gasteiger partial charge in [0.15, 0.2) is 0 Å². The first-order chi connectivity index (χ1) is 8.63. The van der Waals surface area contributed by atoms with Crippen LogP contribution in [0.2, 0.25) is 0 Å². The van der Waals surface area contributed by atoms with Gasteiger partial charge in [-0.25, -0.2) is 4.39 Å². The number of hydrogen-bond acceptors (Lipinski definition) is 2. The maximum absolute atomic E-state index is 13.2. The molecule has 1 N–H and O–H groups in total. The van der Waals surface area contributed by atoms with Crippen molar-refractivity contribution >= 4 is 5.84 Å². The van der Waals surface area contributed by atoms with E-state index < -0.39 is 0 Å². The van der Waals surface area contributed by atoms with Gasteiger partial charge in [-0.2, -0.15) is 0 Å². The summed E-state index contributed by atoms with van der Waals surface area (Å²) in [5.74, 6) is 0.151. The number of ether oxygens (including phenoxy) is 1. The highest BCUT2D eigenvalue weighted by atomic mass is 19.1. The van der Waals surface area contributed by atoms with E-state index in [-0.39, 0.29) is 11.4 Å². The van der Waals surface area contributed by atoms with Crippen molar-refractivity contribution in [2.75, 3.05) is 13.7 Å². The molecule has 1 heterocycles. The second kappa shape index (κ2) is 4.05. The van der Waals surface area contributed by atoms with Crippen LogP contribution in [-0.4, -0.2) is 30.0 Å². The summed E-state index contributed by atoms with van der Waals surface area (Å²) in [5, 5.41) is 8.14. The van der Waals surface area contributed by atoms with E-state index in [0.717, 1.165) is 30.5 Å². The molecule has 1 aromatic carbocycles. The fourth-order valence-corrected chi connectivity index (χ4v) is 2.84. The first-order valence-electron chi connectivity index (χ1n) is 6.31. The molecule has 0 atom stereocenters. The van der Waals surface area contributed by atoms with Gasteiger partial charge in [-0.1, -0.05) is 6.07 Å². The highest BCUT2D eigenvalue weighted by Gasteiger charge is 2.40. The summed E-state index contributed by atoms with van der Waals surface area (Å²) in [6.45, 7) is 1.43. The summed E-state index contributed by atoms with van der Waals surface area (Å²) in [6.07, 6.45) is 3.30. The van der Waals surface area contributed by atoms with E-state index in [1.807, 2.05) is 4.90 Å². The first-order valence-corrected chi connectivity index (χ1v) is 6.31. The standard InChI is InChI=1S/C14H17FN2O/c1-18-14(5-2-6-14)9-17-8-10-3-4-11(15)7-12(10)13(17)16/h3-4,7,16H,2,5-6,8-9H2,1H3. The van der Waals surface area contributed by atoms with Gasteiger partial charge in [0.1, 0.15) is 11.7 Å². The van der Waals surface area contributed by atoms with Crippen molar-refractivity contribution in [1.29, 1.82) is 5.41 Å². The number of fused-ring (bicyclic) bond motifs is 1. The topological polar surface area (TPSA) is 36.3 Å². The molecule has 0 amide bonds. The van der Waals surface area contributed by atoms with E-state index in [4.69, 9.17) is 10.1 Å². The minimum atomic E-state index is -0.273. The molecule has 1 aliphatic heterocycles. The zero-order valence-electron chi connectivity index (χ0n) is 10.5. The minimum Gasteiger partial charge on any atom is -0.376 e. The summed E-state index contributed by atoms with van der Waals surface area (Å²) in [7, 11) is 1.74. The molecule has 0 saturated heterocycles. The van der Waals surface area contributed by atoms with Crippen LogP contribution >= 0.6 is 0 Å². The molecule has 2 aliphatic rings. The Morgan fingerprint density at radius 2 is 2.22 bits per heavy atom. The van der Waals surface area contributed by atoms with Crippen molar-refractivity contribution in [3.05, 3.63) is 35.1 Å². The monoisotopic (exact) mass is 248 g/mol. The summed E-state index contributed by atoms with van der Waals surface area (Å²) in [5.41, 5.74) is 1.67. The van der Waals surface area contributed by atoms with Crippen LogP contribution in [0, 0.1) is 11.2 Å². The molecule has 0 spiro atoms. The van der Waals surface area contributed by atoms with Crippen molar-refractivity contribution < 1.29 is 9.13 Å². The lowest BCUT2D eigenvalue weighted by molar-refractivity contribution is -0.0827. The summed E-state index contributed by atoms with van der Waals surface area (Å²) in [6, 6.07) is 4.70. The van der Waals surface area contributed by atoms with Crippen LogP contribution in [0.1, 0.15) is 30.4 Å².